The lowest BCUT2D eigenvalue weighted by atomic mass is 10.1. The van der Waals surface area contributed by atoms with Crippen molar-refractivity contribution in [1.29, 1.82) is 0 Å². The zero-order chi connectivity index (χ0) is 19.3. The van der Waals surface area contributed by atoms with Crippen LogP contribution in [-0.4, -0.2) is 28.5 Å². The number of sulfonamides is 1. The summed E-state index contributed by atoms with van der Waals surface area (Å²) in [5.74, 6) is -1.14. The Morgan fingerprint density at radius 1 is 1.24 bits per heavy atom. The van der Waals surface area contributed by atoms with Crippen LogP contribution >= 0.6 is 34.8 Å². The number of nitrogens with zero attached hydrogens (tertiary/aromatic N) is 1. The normalized spacial score (nSPS) is 13.1. The van der Waals surface area contributed by atoms with Crippen molar-refractivity contribution in [3.8, 4) is 0 Å². The summed E-state index contributed by atoms with van der Waals surface area (Å²) in [5, 5.41) is 0. The number of allylic oxidation sites excluding steroid dienone is 1. The standard InChI is InChI=1S/C17H20Cl3NO3S/c1-4-6-7-8-14(5-2)21(16(22)17(18,19)20)25(23,24)15-11-9-13(3)10-12-15/h4-5,9-12,14H,1-2,6-8H2,3H3. The van der Waals surface area contributed by atoms with E-state index >= 15 is 0 Å². The third-order valence-corrected chi connectivity index (χ3v) is 5.81. The lowest BCUT2D eigenvalue weighted by Crippen LogP contribution is -2.48. The van der Waals surface area contributed by atoms with Crippen LogP contribution < -0.4 is 0 Å². The van der Waals surface area contributed by atoms with Gasteiger partial charge in [-0.2, -0.15) is 0 Å². The number of hydrogen-bond acceptors (Lipinski definition) is 3. The molecule has 0 aliphatic heterocycles. The largest absolute Gasteiger partial charge is 0.289 e. The Balaban J connectivity index is 3.38. The second-order valence-electron chi connectivity index (χ2n) is 5.44. The molecule has 1 aromatic rings. The summed E-state index contributed by atoms with van der Waals surface area (Å²) in [6, 6.07) is 5.24. The Labute approximate surface area is 164 Å². The molecule has 1 rings (SSSR count). The maximum Gasteiger partial charge on any atom is 0.289 e. The van der Waals surface area contributed by atoms with Crippen LogP contribution in [0.4, 0.5) is 0 Å². The molecule has 0 bridgehead atoms. The van der Waals surface area contributed by atoms with E-state index in [0.29, 0.717) is 23.6 Å². The van der Waals surface area contributed by atoms with Gasteiger partial charge in [0.1, 0.15) is 0 Å². The van der Waals surface area contributed by atoms with E-state index in [4.69, 9.17) is 34.8 Å². The van der Waals surface area contributed by atoms with Crippen molar-refractivity contribution in [3.63, 3.8) is 0 Å². The second-order valence-corrected chi connectivity index (χ2v) is 9.54. The van der Waals surface area contributed by atoms with E-state index in [-0.39, 0.29) is 4.90 Å². The molecule has 0 aliphatic carbocycles. The molecular formula is C17H20Cl3NO3S. The number of rotatable bonds is 8. The first-order valence-corrected chi connectivity index (χ1v) is 10.1. The Morgan fingerprint density at radius 2 is 1.80 bits per heavy atom. The number of benzene rings is 1. The average Bonchev–Trinajstić information content (AvgIpc) is 2.53. The van der Waals surface area contributed by atoms with Crippen LogP contribution in [-0.2, 0) is 14.8 Å². The minimum atomic E-state index is -4.22. The van der Waals surface area contributed by atoms with Crippen molar-refractivity contribution < 1.29 is 13.2 Å². The SMILES string of the molecule is C=CCCCC(C=C)N(C(=O)C(Cl)(Cl)Cl)S(=O)(=O)c1ccc(C)cc1. The predicted molar refractivity (Wildman–Crippen MR) is 104 cm³/mol. The summed E-state index contributed by atoms with van der Waals surface area (Å²) in [5.41, 5.74) is 0.879. The summed E-state index contributed by atoms with van der Waals surface area (Å²) in [7, 11) is -4.22. The molecule has 0 saturated heterocycles. The molecule has 8 heteroatoms. The van der Waals surface area contributed by atoms with Gasteiger partial charge < -0.3 is 0 Å². The molecule has 138 valence electrons. The number of carbonyl (C=O) groups excluding carboxylic acids is 1. The molecule has 0 spiro atoms. The van der Waals surface area contributed by atoms with Crippen LogP contribution in [0.5, 0.6) is 0 Å². The minimum Gasteiger partial charge on any atom is -0.269 e. The molecule has 0 heterocycles. The maximum absolute atomic E-state index is 13.0. The third-order valence-electron chi connectivity index (χ3n) is 3.50. The zero-order valence-corrected chi connectivity index (χ0v) is 16.9. The van der Waals surface area contributed by atoms with Crippen molar-refractivity contribution in [2.45, 2.75) is 40.9 Å². The van der Waals surface area contributed by atoms with Crippen LogP contribution in [0.25, 0.3) is 0 Å². The molecule has 25 heavy (non-hydrogen) atoms. The van der Waals surface area contributed by atoms with E-state index in [9.17, 15) is 13.2 Å². The van der Waals surface area contributed by atoms with E-state index in [1.165, 1.54) is 18.2 Å². The number of carbonyl (C=O) groups is 1. The molecular weight excluding hydrogens is 405 g/mol. The first kappa shape index (κ1) is 22.0. The highest BCUT2D eigenvalue weighted by Gasteiger charge is 2.44. The number of halogens is 3. The first-order valence-electron chi connectivity index (χ1n) is 7.51. The van der Waals surface area contributed by atoms with Crippen LogP contribution in [0.3, 0.4) is 0 Å². The topological polar surface area (TPSA) is 54.5 Å². The average molecular weight is 425 g/mol. The molecule has 0 radical (unpaired) electrons. The fraction of sp³-hybridized carbons (Fsp3) is 0.353. The zero-order valence-electron chi connectivity index (χ0n) is 13.8. The first-order chi connectivity index (χ1) is 11.6. The van der Waals surface area contributed by atoms with Crippen LogP contribution in [0.1, 0.15) is 24.8 Å². The highest BCUT2D eigenvalue weighted by atomic mass is 35.6. The van der Waals surface area contributed by atoms with Gasteiger partial charge in [-0.1, -0.05) is 64.7 Å². The van der Waals surface area contributed by atoms with Crippen molar-refractivity contribution in [2.24, 2.45) is 0 Å². The summed E-state index contributed by atoms with van der Waals surface area (Å²) in [6.07, 6.45) is 4.67. The fourth-order valence-electron chi connectivity index (χ4n) is 2.19. The van der Waals surface area contributed by atoms with E-state index in [1.54, 1.807) is 18.2 Å². The van der Waals surface area contributed by atoms with Gasteiger partial charge in [-0.25, -0.2) is 12.7 Å². The molecule has 0 fully saturated rings. The van der Waals surface area contributed by atoms with Gasteiger partial charge >= 0.3 is 0 Å². The molecule has 1 atom stereocenters. The van der Waals surface area contributed by atoms with Gasteiger partial charge in [0.05, 0.1) is 10.9 Å². The second kappa shape index (κ2) is 9.08. The molecule has 0 saturated carbocycles. The summed E-state index contributed by atoms with van der Waals surface area (Å²) >= 11 is 17.1. The summed E-state index contributed by atoms with van der Waals surface area (Å²) in [4.78, 5) is 12.5. The number of amides is 1. The molecule has 0 N–H and O–H groups in total. The number of aryl methyl sites for hydroxylation is 1. The molecule has 0 aromatic heterocycles. The number of hydrogen-bond donors (Lipinski definition) is 0. The maximum atomic E-state index is 13.0. The van der Waals surface area contributed by atoms with Crippen LogP contribution in [0, 0.1) is 6.92 Å². The highest BCUT2D eigenvalue weighted by Crippen LogP contribution is 2.33. The predicted octanol–water partition coefficient (Wildman–Crippen LogP) is 4.79. The van der Waals surface area contributed by atoms with Crippen LogP contribution in [0.15, 0.2) is 54.5 Å². The van der Waals surface area contributed by atoms with Crippen molar-refractivity contribution in [1.82, 2.24) is 4.31 Å². The highest BCUT2D eigenvalue weighted by molar-refractivity contribution is 7.89. The van der Waals surface area contributed by atoms with E-state index in [0.717, 1.165) is 5.56 Å². The lowest BCUT2D eigenvalue weighted by molar-refractivity contribution is -0.126. The summed E-state index contributed by atoms with van der Waals surface area (Å²) < 4.78 is 24.3. The molecule has 1 amide bonds. The van der Waals surface area contributed by atoms with Crippen molar-refractivity contribution in [2.75, 3.05) is 0 Å². The van der Waals surface area contributed by atoms with Gasteiger partial charge in [-0.3, -0.25) is 4.79 Å². The van der Waals surface area contributed by atoms with Gasteiger partial charge in [0.25, 0.3) is 19.7 Å². The van der Waals surface area contributed by atoms with Gasteiger partial charge in [0, 0.05) is 0 Å². The Hall–Kier alpha value is -1.01. The van der Waals surface area contributed by atoms with Crippen molar-refractivity contribution in [3.05, 3.63) is 55.1 Å². The molecule has 1 aromatic carbocycles. The Kier molecular flexibility index (Phi) is 8.00. The molecule has 0 aliphatic rings. The molecule has 1 unspecified atom stereocenters. The summed E-state index contributed by atoms with van der Waals surface area (Å²) in [6.45, 7) is 9.07. The van der Waals surface area contributed by atoms with Crippen LogP contribution in [0.2, 0.25) is 0 Å². The van der Waals surface area contributed by atoms with Gasteiger partial charge in [0.15, 0.2) is 0 Å². The monoisotopic (exact) mass is 423 g/mol. The minimum absolute atomic E-state index is 0.0590. The Bertz CT molecular complexity index is 725. The smallest absolute Gasteiger partial charge is 0.269 e. The molecule has 4 nitrogen and oxygen atoms in total. The van der Waals surface area contributed by atoms with Gasteiger partial charge in [-0.15, -0.1) is 13.2 Å². The number of unbranched alkanes of at least 4 members (excludes halogenated alkanes) is 1. The van der Waals surface area contributed by atoms with Gasteiger partial charge in [-0.05, 0) is 38.3 Å². The third kappa shape index (κ3) is 5.74. The van der Waals surface area contributed by atoms with E-state index < -0.39 is 25.8 Å². The van der Waals surface area contributed by atoms with E-state index in [2.05, 4.69) is 13.2 Å². The Morgan fingerprint density at radius 3 is 2.24 bits per heavy atom. The quantitative estimate of drug-likeness (QED) is 0.342. The van der Waals surface area contributed by atoms with E-state index in [1.807, 2.05) is 6.92 Å². The fourth-order valence-corrected chi connectivity index (χ4v) is 4.22. The number of alkyl halides is 3. The lowest BCUT2D eigenvalue weighted by Gasteiger charge is -2.31. The van der Waals surface area contributed by atoms with Gasteiger partial charge in [0.2, 0.25) is 0 Å². The van der Waals surface area contributed by atoms with Crippen molar-refractivity contribution >= 4 is 50.7 Å².